The summed E-state index contributed by atoms with van der Waals surface area (Å²) in [5.74, 6) is 0. The van der Waals surface area contributed by atoms with Crippen molar-refractivity contribution in [3.8, 4) is 0 Å². The summed E-state index contributed by atoms with van der Waals surface area (Å²) in [5, 5.41) is 0. The SMILES string of the molecule is CCCCCCCC/C=C\CCCCCC(Br)CCCCCC. The molecule has 0 spiro atoms. The quantitative estimate of drug-likeness (QED) is 0.125. The highest BCUT2D eigenvalue weighted by Gasteiger charge is 2.03. The van der Waals surface area contributed by atoms with Gasteiger partial charge in [-0.05, 0) is 38.5 Å². The highest BCUT2D eigenvalue weighted by molar-refractivity contribution is 9.09. The molecule has 0 aromatic heterocycles. The minimum Gasteiger partial charge on any atom is -0.0891 e. The van der Waals surface area contributed by atoms with Crippen LogP contribution in [0.4, 0.5) is 0 Å². The highest BCUT2D eigenvalue weighted by Crippen LogP contribution is 2.18. The molecule has 0 aliphatic heterocycles. The lowest BCUT2D eigenvalue weighted by Crippen LogP contribution is -1.97. The summed E-state index contributed by atoms with van der Waals surface area (Å²) in [5.41, 5.74) is 0. The molecular formula is C22H43Br. The summed E-state index contributed by atoms with van der Waals surface area (Å²) >= 11 is 3.85. The largest absolute Gasteiger partial charge is 0.0891 e. The van der Waals surface area contributed by atoms with E-state index in [9.17, 15) is 0 Å². The summed E-state index contributed by atoms with van der Waals surface area (Å²) in [4.78, 5) is 0.766. The molecule has 0 fully saturated rings. The second-order valence-electron chi connectivity index (χ2n) is 7.11. The van der Waals surface area contributed by atoms with Gasteiger partial charge < -0.3 is 0 Å². The van der Waals surface area contributed by atoms with E-state index in [0.29, 0.717) is 0 Å². The number of alkyl halides is 1. The molecule has 0 aliphatic carbocycles. The standard InChI is InChI=1S/C22H43Br/c1-3-5-7-9-10-11-12-13-14-15-16-17-19-21-22(23)20-18-8-6-4-2/h13-14,22H,3-12,15-21H2,1-2H3/b14-13-. The van der Waals surface area contributed by atoms with Crippen molar-refractivity contribution in [3.05, 3.63) is 12.2 Å². The van der Waals surface area contributed by atoms with E-state index in [-0.39, 0.29) is 0 Å². The lowest BCUT2D eigenvalue weighted by atomic mass is 10.1. The molecule has 1 heteroatoms. The van der Waals surface area contributed by atoms with Crippen molar-refractivity contribution in [1.82, 2.24) is 0 Å². The van der Waals surface area contributed by atoms with E-state index in [1.807, 2.05) is 0 Å². The monoisotopic (exact) mass is 386 g/mol. The van der Waals surface area contributed by atoms with Gasteiger partial charge in [-0.25, -0.2) is 0 Å². The average molecular weight is 387 g/mol. The van der Waals surface area contributed by atoms with Crippen molar-refractivity contribution in [1.29, 1.82) is 0 Å². The lowest BCUT2D eigenvalue weighted by Gasteiger charge is -2.08. The Morgan fingerprint density at radius 1 is 0.565 bits per heavy atom. The van der Waals surface area contributed by atoms with Crippen LogP contribution in [-0.2, 0) is 0 Å². The van der Waals surface area contributed by atoms with Gasteiger partial charge in [0.1, 0.15) is 0 Å². The summed E-state index contributed by atoms with van der Waals surface area (Å²) in [6.07, 6.45) is 28.4. The molecule has 0 saturated carbocycles. The Bertz CT molecular complexity index is 234. The van der Waals surface area contributed by atoms with Crippen LogP contribution in [-0.4, -0.2) is 4.83 Å². The van der Waals surface area contributed by atoms with Gasteiger partial charge in [-0.1, -0.05) is 113 Å². The molecule has 0 aromatic rings. The van der Waals surface area contributed by atoms with Crippen LogP contribution >= 0.6 is 15.9 Å². The number of allylic oxidation sites excluding steroid dienone is 2. The fourth-order valence-corrected chi connectivity index (χ4v) is 3.67. The maximum Gasteiger partial charge on any atom is 0.0145 e. The summed E-state index contributed by atoms with van der Waals surface area (Å²) in [6.45, 7) is 4.57. The first-order valence-electron chi connectivity index (χ1n) is 10.6. The Morgan fingerprint density at radius 2 is 0.957 bits per heavy atom. The van der Waals surface area contributed by atoms with Gasteiger partial charge in [-0.3, -0.25) is 0 Å². The molecule has 0 rings (SSSR count). The predicted molar refractivity (Wildman–Crippen MR) is 112 cm³/mol. The van der Waals surface area contributed by atoms with E-state index in [4.69, 9.17) is 0 Å². The molecule has 0 amide bonds. The van der Waals surface area contributed by atoms with Crippen molar-refractivity contribution < 1.29 is 0 Å². The molecule has 1 unspecified atom stereocenters. The zero-order valence-corrected chi connectivity index (χ0v) is 17.7. The number of hydrogen-bond donors (Lipinski definition) is 0. The first-order chi connectivity index (χ1) is 11.3. The van der Waals surface area contributed by atoms with Gasteiger partial charge in [-0.2, -0.15) is 0 Å². The first-order valence-corrected chi connectivity index (χ1v) is 11.5. The normalized spacial score (nSPS) is 13.0. The molecule has 0 saturated heterocycles. The van der Waals surface area contributed by atoms with E-state index in [1.54, 1.807) is 0 Å². The molecule has 1 atom stereocenters. The van der Waals surface area contributed by atoms with E-state index in [2.05, 4.69) is 41.9 Å². The molecule has 0 bridgehead atoms. The molecule has 0 nitrogen and oxygen atoms in total. The van der Waals surface area contributed by atoms with E-state index < -0.39 is 0 Å². The molecule has 0 aliphatic rings. The van der Waals surface area contributed by atoms with Gasteiger partial charge in [0, 0.05) is 4.83 Å². The van der Waals surface area contributed by atoms with E-state index in [0.717, 1.165) is 4.83 Å². The lowest BCUT2D eigenvalue weighted by molar-refractivity contribution is 0.572. The molecule has 0 heterocycles. The predicted octanol–water partition coefficient (Wildman–Crippen LogP) is 8.98. The fourth-order valence-electron chi connectivity index (χ4n) is 3.02. The second-order valence-corrected chi connectivity index (χ2v) is 8.41. The minimum absolute atomic E-state index is 0.766. The third-order valence-corrected chi connectivity index (χ3v) is 5.57. The topological polar surface area (TPSA) is 0 Å². The fraction of sp³-hybridized carbons (Fsp3) is 0.909. The van der Waals surface area contributed by atoms with Crippen LogP contribution in [0.25, 0.3) is 0 Å². The third-order valence-electron chi connectivity index (χ3n) is 4.65. The number of rotatable bonds is 18. The molecule has 138 valence electrons. The van der Waals surface area contributed by atoms with Crippen LogP contribution in [0.3, 0.4) is 0 Å². The molecule has 0 aromatic carbocycles. The number of unbranched alkanes of at least 4 members (excludes halogenated alkanes) is 12. The van der Waals surface area contributed by atoms with Crippen LogP contribution < -0.4 is 0 Å². The zero-order chi connectivity index (χ0) is 17.0. The number of hydrogen-bond acceptors (Lipinski definition) is 0. The Hall–Kier alpha value is 0.220. The van der Waals surface area contributed by atoms with Crippen molar-refractivity contribution >= 4 is 15.9 Å². The molecule has 0 N–H and O–H groups in total. The zero-order valence-electron chi connectivity index (χ0n) is 16.1. The summed E-state index contributed by atoms with van der Waals surface area (Å²) < 4.78 is 0. The minimum atomic E-state index is 0.766. The van der Waals surface area contributed by atoms with Crippen LogP contribution in [0, 0.1) is 0 Å². The van der Waals surface area contributed by atoms with Crippen molar-refractivity contribution in [2.24, 2.45) is 0 Å². The maximum atomic E-state index is 3.85. The van der Waals surface area contributed by atoms with Gasteiger partial charge in [0.15, 0.2) is 0 Å². The van der Waals surface area contributed by atoms with Gasteiger partial charge in [0.25, 0.3) is 0 Å². The maximum absolute atomic E-state index is 3.85. The summed E-state index contributed by atoms with van der Waals surface area (Å²) in [6, 6.07) is 0. The third kappa shape index (κ3) is 20.2. The van der Waals surface area contributed by atoms with E-state index >= 15 is 0 Å². The Balaban J connectivity index is 3.18. The van der Waals surface area contributed by atoms with Gasteiger partial charge in [0.05, 0.1) is 0 Å². The van der Waals surface area contributed by atoms with E-state index in [1.165, 1.54) is 109 Å². The Morgan fingerprint density at radius 3 is 1.48 bits per heavy atom. The van der Waals surface area contributed by atoms with Crippen LogP contribution in [0.5, 0.6) is 0 Å². The Labute approximate surface area is 156 Å². The first kappa shape index (κ1) is 23.2. The van der Waals surface area contributed by atoms with Gasteiger partial charge in [-0.15, -0.1) is 0 Å². The number of halogens is 1. The van der Waals surface area contributed by atoms with Crippen LogP contribution in [0.15, 0.2) is 12.2 Å². The average Bonchev–Trinajstić information content (AvgIpc) is 2.56. The van der Waals surface area contributed by atoms with Gasteiger partial charge in [0.2, 0.25) is 0 Å². The molecule has 0 radical (unpaired) electrons. The second kappa shape index (κ2) is 20.3. The molecule has 23 heavy (non-hydrogen) atoms. The van der Waals surface area contributed by atoms with Crippen molar-refractivity contribution in [2.45, 2.75) is 128 Å². The highest BCUT2D eigenvalue weighted by atomic mass is 79.9. The van der Waals surface area contributed by atoms with Crippen LogP contribution in [0.1, 0.15) is 123 Å². The Kier molecular flexibility index (Phi) is 20.5. The summed E-state index contributed by atoms with van der Waals surface area (Å²) in [7, 11) is 0. The van der Waals surface area contributed by atoms with Gasteiger partial charge >= 0.3 is 0 Å². The molecular weight excluding hydrogens is 344 g/mol. The van der Waals surface area contributed by atoms with Crippen LogP contribution in [0.2, 0.25) is 0 Å². The van der Waals surface area contributed by atoms with Crippen molar-refractivity contribution in [3.63, 3.8) is 0 Å². The smallest absolute Gasteiger partial charge is 0.0145 e. The van der Waals surface area contributed by atoms with Crippen molar-refractivity contribution in [2.75, 3.05) is 0 Å².